The molecule has 23 heavy (non-hydrogen) atoms. The topological polar surface area (TPSA) is 148 Å². The first-order valence-corrected chi connectivity index (χ1v) is 7.85. The molecule has 7 N–H and O–H groups in total. The van der Waals surface area contributed by atoms with Crippen LogP contribution in [0, 0.1) is 5.92 Å². The third kappa shape index (κ3) is 8.06. The van der Waals surface area contributed by atoms with Crippen LogP contribution in [-0.2, 0) is 14.4 Å². The Kier molecular flexibility index (Phi) is 9.62. The Bertz CT molecular complexity index is 412. The molecule has 0 aliphatic heterocycles. The van der Waals surface area contributed by atoms with E-state index in [2.05, 4.69) is 10.6 Å². The number of hydrogen-bond acceptors (Lipinski definition) is 6. The van der Waals surface area contributed by atoms with Crippen molar-refractivity contribution in [3.8, 4) is 0 Å². The molecule has 8 nitrogen and oxygen atoms in total. The zero-order chi connectivity index (χ0) is 18.2. The highest BCUT2D eigenvalue weighted by molar-refractivity contribution is 5.93. The van der Waals surface area contributed by atoms with E-state index in [1.807, 2.05) is 13.8 Å². The second-order valence-corrected chi connectivity index (χ2v) is 6.21. The summed E-state index contributed by atoms with van der Waals surface area (Å²) in [5.74, 6) is -1.17. The zero-order valence-electron chi connectivity index (χ0n) is 14.3. The first-order chi connectivity index (χ1) is 10.6. The third-order valence-corrected chi connectivity index (χ3v) is 3.39. The van der Waals surface area contributed by atoms with E-state index in [1.54, 1.807) is 0 Å². The molecule has 0 heterocycles. The van der Waals surface area contributed by atoms with Gasteiger partial charge in [-0.25, -0.2) is 0 Å². The van der Waals surface area contributed by atoms with Crippen molar-refractivity contribution < 1.29 is 19.5 Å². The molecule has 1 unspecified atom stereocenters. The number of carbonyl (C=O) groups excluding carboxylic acids is 3. The Morgan fingerprint density at radius 2 is 1.65 bits per heavy atom. The van der Waals surface area contributed by atoms with Gasteiger partial charge in [-0.3, -0.25) is 14.4 Å². The summed E-state index contributed by atoms with van der Waals surface area (Å²) in [7, 11) is 0. The van der Waals surface area contributed by atoms with Crippen LogP contribution >= 0.6 is 0 Å². The van der Waals surface area contributed by atoms with Gasteiger partial charge >= 0.3 is 0 Å². The molecule has 0 fully saturated rings. The molecule has 0 bridgehead atoms. The van der Waals surface area contributed by atoms with Crippen LogP contribution in [0.5, 0.6) is 0 Å². The van der Waals surface area contributed by atoms with Gasteiger partial charge < -0.3 is 27.2 Å². The number of aliphatic hydroxyl groups excluding tert-OH is 1. The monoisotopic (exact) mass is 330 g/mol. The van der Waals surface area contributed by atoms with Crippen molar-refractivity contribution in [1.29, 1.82) is 0 Å². The lowest BCUT2D eigenvalue weighted by Gasteiger charge is -2.25. The summed E-state index contributed by atoms with van der Waals surface area (Å²) in [5.41, 5.74) is 11.2. The number of rotatable bonds is 10. The summed E-state index contributed by atoms with van der Waals surface area (Å²) < 4.78 is 0. The van der Waals surface area contributed by atoms with Crippen LogP contribution in [0.15, 0.2) is 0 Å². The summed E-state index contributed by atoms with van der Waals surface area (Å²) in [6.07, 6.45) is -0.381. The summed E-state index contributed by atoms with van der Waals surface area (Å²) >= 11 is 0. The van der Waals surface area contributed by atoms with E-state index in [0.717, 1.165) is 0 Å². The van der Waals surface area contributed by atoms with Crippen LogP contribution in [0.3, 0.4) is 0 Å². The van der Waals surface area contributed by atoms with E-state index in [0.29, 0.717) is 6.42 Å². The predicted molar refractivity (Wildman–Crippen MR) is 87.3 cm³/mol. The minimum absolute atomic E-state index is 0.223. The number of nitrogens with one attached hydrogen (secondary N) is 2. The van der Waals surface area contributed by atoms with Gasteiger partial charge in [0, 0.05) is 0 Å². The SMILES string of the molecule is CC(=O)[C@H](CCN)NC(=O)[C@@H](NC(=O)[C@H](N)CC(C)C)C(C)O. The van der Waals surface area contributed by atoms with Crippen LogP contribution in [0.2, 0.25) is 0 Å². The Labute approximate surface area is 137 Å². The molecule has 0 aromatic heterocycles. The van der Waals surface area contributed by atoms with Crippen LogP contribution in [0.25, 0.3) is 0 Å². The summed E-state index contributed by atoms with van der Waals surface area (Å²) in [6, 6.07) is -2.69. The maximum absolute atomic E-state index is 12.2. The molecular formula is C15H30N4O4. The Morgan fingerprint density at radius 1 is 1.09 bits per heavy atom. The Hall–Kier alpha value is -1.51. The van der Waals surface area contributed by atoms with Gasteiger partial charge in [-0.1, -0.05) is 13.8 Å². The highest BCUT2D eigenvalue weighted by Gasteiger charge is 2.30. The molecule has 134 valence electrons. The van der Waals surface area contributed by atoms with Gasteiger partial charge in [-0.2, -0.15) is 0 Å². The van der Waals surface area contributed by atoms with Crippen molar-refractivity contribution in [3.63, 3.8) is 0 Å². The lowest BCUT2D eigenvalue weighted by atomic mass is 10.0. The molecule has 0 aromatic rings. The fourth-order valence-corrected chi connectivity index (χ4v) is 2.09. The van der Waals surface area contributed by atoms with Gasteiger partial charge in [0.15, 0.2) is 5.78 Å². The summed E-state index contributed by atoms with van der Waals surface area (Å²) in [6.45, 7) is 6.81. The van der Waals surface area contributed by atoms with E-state index < -0.39 is 36.0 Å². The van der Waals surface area contributed by atoms with Crippen molar-refractivity contribution in [2.75, 3.05) is 6.54 Å². The van der Waals surface area contributed by atoms with Gasteiger partial charge in [-0.15, -0.1) is 0 Å². The number of Topliss-reactive ketones (excluding diaryl/α,β-unsaturated/α-hetero) is 1. The van der Waals surface area contributed by atoms with Gasteiger partial charge in [0.2, 0.25) is 11.8 Å². The van der Waals surface area contributed by atoms with E-state index in [4.69, 9.17) is 11.5 Å². The maximum Gasteiger partial charge on any atom is 0.245 e. The van der Waals surface area contributed by atoms with Gasteiger partial charge in [0.05, 0.1) is 18.2 Å². The Morgan fingerprint density at radius 3 is 2.04 bits per heavy atom. The number of nitrogens with two attached hydrogens (primary N) is 2. The minimum Gasteiger partial charge on any atom is -0.391 e. The molecule has 0 spiro atoms. The maximum atomic E-state index is 12.2. The van der Waals surface area contributed by atoms with Gasteiger partial charge in [0.1, 0.15) is 6.04 Å². The molecule has 0 aromatic carbocycles. The minimum atomic E-state index is -1.18. The molecule has 0 rings (SSSR count). The second-order valence-electron chi connectivity index (χ2n) is 6.21. The van der Waals surface area contributed by atoms with Crippen LogP contribution in [0.1, 0.15) is 40.5 Å². The highest BCUT2D eigenvalue weighted by Crippen LogP contribution is 2.04. The summed E-state index contributed by atoms with van der Waals surface area (Å²) in [5, 5.41) is 14.7. The average molecular weight is 330 g/mol. The van der Waals surface area contributed by atoms with E-state index >= 15 is 0 Å². The zero-order valence-corrected chi connectivity index (χ0v) is 14.3. The number of amides is 2. The normalized spacial score (nSPS) is 16.3. The van der Waals surface area contributed by atoms with Crippen molar-refractivity contribution in [1.82, 2.24) is 10.6 Å². The van der Waals surface area contributed by atoms with Crippen molar-refractivity contribution in [2.45, 2.75) is 64.8 Å². The quantitative estimate of drug-likeness (QED) is 0.334. The molecule has 2 amide bonds. The lowest BCUT2D eigenvalue weighted by molar-refractivity contribution is -0.134. The number of aliphatic hydroxyl groups is 1. The molecular weight excluding hydrogens is 300 g/mol. The van der Waals surface area contributed by atoms with E-state index in [9.17, 15) is 19.5 Å². The molecule has 4 atom stereocenters. The molecule has 0 saturated heterocycles. The molecule has 0 saturated carbocycles. The fraction of sp³-hybridized carbons (Fsp3) is 0.800. The smallest absolute Gasteiger partial charge is 0.245 e. The highest BCUT2D eigenvalue weighted by atomic mass is 16.3. The largest absolute Gasteiger partial charge is 0.391 e. The molecule has 8 heteroatoms. The van der Waals surface area contributed by atoms with Crippen molar-refractivity contribution >= 4 is 17.6 Å². The standard InChI is InChI=1S/C15H30N4O4/c1-8(2)7-11(17)14(22)19-13(10(4)21)15(23)18-12(5-6-16)9(3)20/h8,10-13,21H,5-7,16-17H2,1-4H3,(H,18,23)(H,19,22)/t10?,11-,12+,13+/m1/s1. The summed E-state index contributed by atoms with van der Waals surface area (Å²) in [4.78, 5) is 35.7. The third-order valence-electron chi connectivity index (χ3n) is 3.39. The number of carbonyl (C=O) groups is 3. The number of ketones is 1. The van der Waals surface area contributed by atoms with Crippen LogP contribution in [-0.4, -0.2) is 53.5 Å². The number of hydrogen-bond donors (Lipinski definition) is 5. The predicted octanol–water partition coefficient (Wildman–Crippen LogP) is -1.35. The fourth-order valence-electron chi connectivity index (χ4n) is 2.09. The first-order valence-electron chi connectivity index (χ1n) is 7.85. The molecule has 0 aliphatic carbocycles. The van der Waals surface area contributed by atoms with Crippen LogP contribution in [0.4, 0.5) is 0 Å². The van der Waals surface area contributed by atoms with Gasteiger partial charge in [0.25, 0.3) is 0 Å². The molecule has 0 aliphatic rings. The van der Waals surface area contributed by atoms with Crippen molar-refractivity contribution in [2.24, 2.45) is 17.4 Å². The second kappa shape index (κ2) is 10.3. The molecule has 0 radical (unpaired) electrons. The van der Waals surface area contributed by atoms with E-state index in [1.165, 1.54) is 13.8 Å². The average Bonchev–Trinajstić information content (AvgIpc) is 2.42. The lowest BCUT2D eigenvalue weighted by Crippen LogP contribution is -2.58. The van der Waals surface area contributed by atoms with E-state index in [-0.39, 0.29) is 24.7 Å². The van der Waals surface area contributed by atoms with Gasteiger partial charge in [-0.05, 0) is 39.2 Å². The Balaban J connectivity index is 4.87. The first kappa shape index (κ1) is 21.5. The van der Waals surface area contributed by atoms with Crippen LogP contribution < -0.4 is 22.1 Å². The van der Waals surface area contributed by atoms with Crippen molar-refractivity contribution in [3.05, 3.63) is 0 Å².